The predicted octanol–water partition coefficient (Wildman–Crippen LogP) is 2.99. The number of likely N-dealkylation sites (tertiary alicyclic amines) is 1. The average molecular weight is 713 g/mol. The molecule has 1 saturated heterocycles. The van der Waals surface area contributed by atoms with Crippen molar-refractivity contribution in [3.05, 3.63) is 34.9 Å². The molecular formula is C38H60N6O7. The fourth-order valence-corrected chi connectivity index (χ4v) is 6.63. The van der Waals surface area contributed by atoms with Crippen molar-refractivity contribution in [3.8, 4) is 0 Å². The highest BCUT2D eigenvalue weighted by Gasteiger charge is 2.43. The Morgan fingerprint density at radius 1 is 0.902 bits per heavy atom. The third kappa shape index (κ3) is 10.8. The lowest BCUT2D eigenvalue weighted by Gasteiger charge is -2.40. The van der Waals surface area contributed by atoms with Crippen molar-refractivity contribution in [1.82, 2.24) is 30.7 Å². The summed E-state index contributed by atoms with van der Waals surface area (Å²) in [5.74, 6) is -1.41. The third-order valence-corrected chi connectivity index (χ3v) is 9.42. The summed E-state index contributed by atoms with van der Waals surface area (Å²) >= 11 is 0. The molecule has 0 spiro atoms. The topological polar surface area (TPSA) is 157 Å². The van der Waals surface area contributed by atoms with Crippen molar-refractivity contribution in [2.24, 2.45) is 10.8 Å². The molecule has 284 valence electrons. The van der Waals surface area contributed by atoms with E-state index in [0.29, 0.717) is 19.4 Å². The molecule has 0 aromatic heterocycles. The zero-order valence-electron chi connectivity index (χ0n) is 32.6. The first-order valence-corrected chi connectivity index (χ1v) is 17.8. The number of nitrogens with one attached hydrogen (secondary N) is 3. The molecule has 0 radical (unpaired) electrons. The average Bonchev–Trinajstić information content (AvgIpc) is 3.44. The van der Waals surface area contributed by atoms with E-state index in [0.717, 1.165) is 27.9 Å². The first-order valence-electron chi connectivity index (χ1n) is 17.8. The van der Waals surface area contributed by atoms with Gasteiger partial charge in [0.05, 0.1) is 12.6 Å². The Balaban J connectivity index is 1.80. The van der Waals surface area contributed by atoms with Crippen LogP contribution in [-0.2, 0) is 41.7 Å². The highest BCUT2D eigenvalue weighted by atomic mass is 16.6. The van der Waals surface area contributed by atoms with Crippen LogP contribution < -0.4 is 16.0 Å². The number of rotatable bonds is 10. The lowest BCUT2D eigenvalue weighted by atomic mass is 9.84. The van der Waals surface area contributed by atoms with Crippen LogP contribution in [-0.4, -0.2) is 114 Å². The number of aldehydes is 1. The second-order valence-electron chi connectivity index (χ2n) is 17.3. The van der Waals surface area contributed by atoms with Crippen LogP contribution in [0, 0.1) is 10.8 Å². The van der Waals surface area contributed by atoms with E-state index in [1.807, 2.05) is 59.4 Å². The molecular weight excluding hydrogens is 652 g/mol. The molecule has 5 atom stereocenters. The molecule has 0 aliphatic carbocycles. The molecule has 1 fully saturated rings. The van der Waals surface area contributed by atoms with Gasteiger partial charge in [-0.3, -0.25) is 19.2 Å². The molecule has 51 heavy (non-hydrogen) atoms. The number of hydrogen-bond acceptors (Lipinski definition) is 8. The van der Waals surface area contributed by atoms with E-state index in [9.17, 15) is 28.8 Å². The maximum atomic E-state index is 14.1. The van der Waals surface area contributed by atoms with Gasteiger partial charge >= 0.3 is 6.09 Å². The number of hydrogen-bond donors (Lipinski definition) is 3. The molecule has 1 aromatic rings. The van der Waals surface area contributed by atoms with E-state index in [-0.39, 0.29) is 49.3 Å². The van der Waals surface area contributed by atoms with Crippen molar-refractivity contribution < 1.29 is 33.5 Å². The molecule has 5 amide bonds. The minimum Gasteiger partial charge on any atom is -0.444 e. The van der Waals surface area contributed by atoms with Crippen LogP contribution in [0.2, 0.25) is 0 Å². The van der Waals surface area contributed by atoms with Crippen molar-refractivity contribution in [2.45, 2.75) is 124 Å². The monoisotopic (exact) mass is 712 g/mol. The van der Waals surface area contributed by atoms with E-state index in [1.165, 1.54) is 7.05 Å². The normalized spacial score (nSPS) is 20.5. The van der Waals surface area contributed by atoms with E-state index < -0.39 is 46.6 Å². The number of amides is 5. The summed E-state index contributed by atoms with van der Waals surface area (Å²) in [4.78, 5) is 83.0. The summed E-state index contributed by atoms with van der Waals surface area (Å²) in [5, 5.41) is 8.57. The van der Waals surface area contributed by atoms with Crippen LogP contribution in [0.4, 0.5) is 4.79 Å². The Morgan fingerprint density at radius 3 is 2.00 bits per heavy atom. The minimum absolute atomic E-state index is 0.0746. The Kier molecular flexibility index (Phi) is 13.1. The quantitative estimate of drug-likeness (QED) is 0.313. The number of ether oxygens (including phenoxy) is 1. The van der Waals surface area contributed by atoms with Crippen molar-refractivity contribution in [1.29, 1.82) is 0 Å². The van der Waals surface area contributed by atoms with Gasteiger partial charge in [0.2, 0.25) is 23.6 Å². The van der Waals surface area contributed by atoms with E-state index in [4.69, 9.17) is 4.74 Å². The summed E-state index contributed by atoms with van der Waals surface area (Å²) in [6.45, 7) is 19.0. The van der Waals surface area contributed by atoms with Crippen LogP contribution in [0.25, 0.3) is 0 Å². The summed E-state index contributed by atoms with van der Waals surface area (Å²) in [6, 6.07) is 3.76. The van der Waals surface area contributed by atoms with Crippen LogP contribution in [0.15, 0.2) is 18.2 Å². The van der Waals surface area contributed by atoms with Crippen LogP contribution >= 0.6 is 0 Å². The molecule has 2 heterocycles. The molecule has 13 heteroatoms. The Hall–Kier alpha value is -4.00. The zero-order chi connectivity index (χ0) is 38.6. The number of likely N-dealkylation sites (N-methyl/N-ethyl adjacent to an activating group) is 2. The van der Waals surface area contributed by atoms with Gasteiger partial charge in [0.1, 0.15) is 30.5 Å². The number of carbonyl (C=O) groups is 6. The van der Waals surface area contributed by atoms with Gasteiger partial charge in [-0.1, -0.05) is 59.7 Å². The Bertz CT molecular complexity index is 1470. The molecule has 3 rings (SSSR count). The van der Waals surface area contributed by atoms with E-state index >= 15 is 0 Å². The van der Waals surface area contributed by atoms with Gasteiger partial charge < -0.3 is 40.2 Å². The van der Waals surface area contributed by atoms with Crippen LogP contribution in [0.3, 0.4) is 0 Å². The SMILES string of the molecule is CNCC(=O)NC(C(=O)N1Cc2cc([C@H]3C[C@@H](C=O)N(C(=O)[C@@H](NC(=O)CN(C)C(=O)OC(C)(C)C)C(C)(C)C)C3)ccc2C[C@H]1C)C(C)(C)C. The molecule has 3 N–H and O–H groups in total. The molecule has 2 aliphatic rings. The van der Waals surface area contributed by atoms with Crippen LogP contribution in [0.5, 0.6) is 0 Å². The third-order valence-electron chi connectivity index (χ3n) is 9.42. The first kappa shape index (κ1) is 41.4. The van der Waals surface area contributed by atoms with Gasteiger partial charge in [-0.25, -0.2) is 4.79 Å². The molecule has 2 aliphatic heterocycles. The molecule has 0 saturated carbocycles. The number of carbonyl (C=O) groups excluding carboxylic acids is 6. The summed E-state index contributed by atoms with van der Waals surface area (Å²) in [5.41, 5.74) is 1.16. The largest absolute Gasteiger partial charge is 0.444 e. The second-order valence-corrected chi connectivity index (χ2v) is 17.3. The highest BCUT2D eigenvalue weighted by Crippen LogP contribution is 2.36. The van der Waals surface area contributed by atoms with Crippen molar-refractivity contribution >= 4 is 36.0 Å². The fraction of sp³-hybridized carbons (Fsp3) is 0.684. The zero-order valence-corrected chi connectivity index (χ0v) is 32.6. The molecule has 1 unspecified atom stereocenters. The number of nitrogens with zero attached hydrogens (tertiary/aromatic N) is 3. The molecule has 1 aromatic carbocycles. The number of benzene rings is 1. The van der Waals surface area contributed by atoms with Gasteiger partial charge in [0.15, 0.2) is 0 Å². The lowest BCUT2D eigenvalue weighted by Crippen LogP contribution is -2.58. The predicted molar refractivity (Wildman–Crippen MR) is 195 cm³/mol. The Labute approximate surface area is 303 Å². The van der Waals surface area contributed by atoms with Crippen molar-refractivity contribution in [2.75, 3.05) is 33.7 Å². The van der Waals surface area contributed by atoms with Gasteiger partial charge in [-0.2, -0.15) is 0 Å². The molecule has 13 nitrogen and oxygen atoms in total. The van der Waals surface area contributed by atoms with E-state index in [1.54, 1.807) is 32.7 Å². The lowest BCUT2D eigenvalue weighted by molar-refractivity contribution is -0.142. The highest BCUT2D eigenvalue weighted by molar-refractivity contribution is 5.92. The smallest absolute Gasteiger partial charge is 0.410 e. The summed E-state index contributed by atoms with van der Waals surface area (Å²) in [7, 11) is 3.14. The van der Waals surface area contributed by atoms with E-state index in [2.05, 4.69) is 28.1 Å². The first-order chi connectivity index (χ1) is 23.5. The maximum absolute atomic E-state index is 14.1. The molecule has 0 bridgehead atoms. The summed E-state index contributed by atoms with van der Waals surface area (Å²) in [6.07, 6.45) is 1.20. The van der Waals surface area contributed by atoms with Gasteiger partial charge in [0.25, 0.3) is 0 Å². The number of fused-ring (bicyclic) bond motifs is 1. The fourth-order valence-electron chi connectivity index (χ4n) is 6.63. The van der Waals surface area contributed by atoms with Crippen LogP contribution in [0.1, 0.15) is 98.3 Å². The van der Waals surface area contributed by atoms with Gasteiger partial charge in [-0.15, -0.1) is 0 Å². The van der Waals surface area contributed by atoms with Gasteiger partial charge in [0, 0.05) is 32.1 Å². The minimum atomic E-state index is -0.952. The second kappa shape index (κ2) is 16.1. The Morgan fingerprint density at radius 2 is 1.47 bits per heavy atom. The summed E-state index contributed by atoms with van der Waals surface area (Å²) < 4.78 is 5.34. The maximum Gasteiger partial charge on any atom is 0.410 e. The van der Waals surface area contributed by atoms with Crippen molar-refractivity contribution in [3.63, 3.8) is 0 Å². The standard InChI is InChI=1S/C38H60N6O7/c1-23-15-24-13-14-25(16-26(24)19-43(23)33(48)31(36(2,3)4)40-29(46)18-39-11)27-17-28(22-45)44(20-27)34(49)32(37(5,6)7)41-30(47)21-42(12)35(50)51-38(8,9)10/h13-14,16,22-23,27-28,31-32,39H,15,17-21H2,1-12H3,(H,40,46)(H,41,47)/t23-,27+,28+,31?,32-/m1/s1. The van der Waals surface area contributed by atoms with Gasteiger partial charge in [-0.05, 0) is 75.1 Å².